The van der Waals surface area contributed by atoms with Gasteiger partial charge in [0.15, 0.2) is 0 Å². The fourth-order valence-corrected chi connectivity index (χ4v) is 2.77. The summed E-state index contributed by atoms with van der Waals surface area (Å²) in [6.07, 6.45) is 3.80. The maximum atomic E-state index is 12.0. The predicted octanol–water partition coefficient (Wildman–Crippen LogP) is 2.11. The van der Waals surface area contributed by atoms with Gasteiger partial charge in [-0.25, -0.2) is 13.1 Å². The molecule has 0 saturated carbocycles. The van der Waals surface area contributed by atoms with Crippen LogP contribution in [0.4, 0.5) is 0 Å². The van der Waals surface area contributed by atoms with Crippen LogP contribution in [0.25, 0.3) is 0 Å². The van der Waals surface area contributed by atoms with Crippen LogP contribution in [-0.2, 0) is 16.4 Å². The Morgan fingerprint density at radius 3 is 2.78 bits per heavy atom. The highest BCUT2D eigenvalue weighted by atomic mass is 32.2. The van der Waals surface area contributed by atoms with Crippen LogP contribution in [0, 0.1) is 6.92 Å². The maximum absolute atomic E-state index is 12.0. The van der Waals surface area contributed by atoms with Gasteiger partial charge < -0.3 is 4.42 Å². The van der Waals surface area contributed by atoms with E-state index in [-0.39, 0.29) is 0 Å². The minimum Gasteiger partial charge on any atom is -0.472 e. The second-order valence-corrected chi connectivity index (χ2v) is 5.86. The molecule has 0 aliphatic carbocycles. The van der Waals surface area contributed by atoms with Crippen LogP contribution in [0.3, 0.4) is 0 Å². The summed E-state index contributed by atoms with van der Waals surface area (Å²) in [5.41, 5.74) is 1.90. The molecule has 0 radical (unpaired) electrons. The summed E-state index contributed by atoms with van der Waals surface area (Å²) in [5, 5.41) is 0. The van der Waals surface area contributed by atoms with E-state index < -0.39 is 10.0 Å². The molecule has 1 aromatic heterocycles. The monoisotopic (exact) mass is 265 g/mol. The average Bonchev–Trinajstić information content (AvgIpc) is 2.82. The SMILES string of the molecule is Cc1cccc(S(=O)(=O)NCCc2ccoc2)c1. The van der Waals surface area contributed by atoms with E-state index in [0.717, 1.165) is 11.1 Å². The largest absolute Gasteiger partial charge is 0.472 e. The van der Waals surface area contributed by atoms with Gasteiger partial charge in [0.2, 0.25) is 10.0 Å². The molecule has 0 aliphatic rings. The molecular weight excluding hydrogens is 250 g/mol. The minimum absolute atomic E-state index is 0.301. The first-order valence-corrected chi connectivity index (χ1v) is 7.14. The molecule has 0 saturated heterocycles. The van der Waals surface area contributed by atoms with Gasteiger partial charge in [0, 0.05) is 6.54 Å². The number of benzene rings is 1. The van der Waals surface area contributed by atoms with E-state index in [4.69, 9.17) is 4.42 Å². The molecule has 1 heterocycles. The zero-order valence-electron chi connectivity index (χ0n) is 10.1. The molecule has 4 nitrogen and oxygen atoms in total. The molecule has 0 unspecified atom stereocenters. The van der Waals surface area contributed by atoms with Gasteiger partial charge in [-0.1, -0.05) is 12.1 Å². The summed E-state index contributed by atoms with van der Waals surface area (Å²) in [4.78, 5) is 0.301. The zero-order chi connectivity index (χ0) is 13.0. The molecule has 0 spiro atoms. The number of aryl methyl sites for hydroxylation is 1. The summed E-state index contributed by atoms with van der Waals surface area (Å²) in [7, 11) is -3.42. The van der Waals surface area contributed by atoms with E-state index in [2.05, 4.69) is 4.72 Å². The zero-order valence-corrected chi connectivity index (χ0v) is 10.9. The number of nitrogens with one attached hydrogen (secondary N) is 1. The van der Waals surface area contributed by atoms with Crippen molar-refractivity contribution < 1.29 is 12.8 Å². The Balaban J connectivity index is 1.99. The lowest BCUT2D eigenvalue weighted by atomic mass is 10.2. The highest BCUT2D eigenvalue weighted by molar-refractivity contribution is 7.89. The van der Waals surface area contributed by atoms with Gasteiger partial charge in [-0.05, 0) is 42.7 Å². The third-order valence-corrected chi connectivity index (χ3v) is 4.04. The molecule has 0 amide bonds. The Bertz CT molecular complexity index is 603. The average molecular weight is 265 g/mol. The molecule has 1 aromatic carbocycles. The van der Waals surface area contributed by atoms with Crippen LogP contribution in [0.15, 0.2) is 52.2 Å². The van der Waals surface area contributed by atoms with Gasteiger partial charge in [0.05, 0.1) is 17.4 Å². The first-order chi connectivity index (χ1) is 8.58. The first kappa shape index (κ1) is 12.9. The second kappa shape index (κ2) is 5.37. The van der Waals surface area contributed by atoms with Gasteiger partial charge in [0.1, 0.15) is 0 Å². The Labute approximate surface area is 107 Å². The molecule has 96 valence electrons. The van der Waals surface area contributed by atoms with E-state index in [0.29, 0.717) is 17.9 Å². The van der Waals surface area contributed by atoms with E-state index in [9.17, 15) is 8.42 Å². The molecule has 2 rings (SSSR count). The molecule has 2 aromatic rings. The van der Waals surface area contributed by atoms with E-state index in [1.165, 1.54) is 0 Å². The van der Waals surface area contributed by atoms with Gasteiger partial charge in [-0.15, -0.1) is 0 Å². The van der Waals surface area contributed by atoms with E-state index in [1.807, 2.05) is 19.1 Å². The first-order valence-electron chi connectivity index (χ1n) is 5.65. The molecule has 1 N–H and O–H groups in total. The number of hydrogen-bond acceptors (Lipinski definition) is 3. The predicted molar refractivity (Wildman–Crippen MR) is 68.8 cm³/mol. The van der Waals surface area contributed by atoms with Crippen LogP contribution in [0.2, 0.25) is 0 Å². The van der Waals surface area contributed by atoms with E-state index >= 15 is 0 Å². The molecule has 0 aliphatic heterocycles. The van der Waals surface area contributed by atoms with Crippen LogP contribution in [0.5, 0.6) is 0 Å². The Morgan fingerprint density at radius 1 is 1.28 bits per heavy atom. The van der Waals surface area contributed by atoms with Gasteiger partial charge in [-0.3, -0.25) is 0 Å². The van der Waals surface area contributed by atoms with Crippen LogP contribution >= 0.6 is 0 Å². The van der Waals surface area contributed by atoms with Gasteiger partial charge >= 0.3 is 0 Å². The normalized spacial score (nSPS) is 11.6. The second-order valence-electron chi connectivity index (χ2n) is 4.10. The topological polar surface area (TPSA) is 59.3 Å². The molecule has 0 atom stereocenters. The molecule has 0 fully saturated rings. The standard InChI is InChI=1S/C13H15NO3S/c1-11-3-2-4-13(9-11)18(15,16)14-7-5-12-6-8-17-10-12/h2-4,6,8-10,14H,5,7H2,1H3. The number of sulfonamides is 1. The molecular formula is C13H15NO3S. The summed E-state index contributed by atoms with van der Waals surface area (Å²) in [6.45, 7) is 2.22. The van der Waals surface area contributed by atoms with Crippen LogP contribution < -0.4 is 4.72 Å². The van der Waals surface area contributed by atoms with E-state index in [1.54, 1.807) is 30.7 Å². The van der Waals surface area contributed by atoms with Crippen molar-refractivity contribution in [1.29, 1.82) is 0 Å². The lowest BCUT2D eigenvalue weighted by molar-refractivity contribution is 0.562. The van der Waals surface area contributed by atoms with Crippen molar-refractivity contribution >= 4 is 10.0 Å². The number of rotatable bonds is 5. The third-order valence-electron chi connectivity index (χ3n) is 2.59. The fraction of sp³-hybridized carbons (Fsp3) is 0.231. The van der Waals surface area contributed by atoms with Crippen LogP contribution in [0.1, 0.15) is 11.1 Å². The van der Waals surface area contributed by atoms with Crippen molar-refractivity contribution in [2.45, 2.75) is 18.2 Å². The Kier molecular flexibility index (Phi) is 3.84. The highest BCUT2D eigenvalue weighted by Gasteiger charge is 2.12. The number of hydrogen-bond donors (Lipinski definition) is 1. The van der Waals surface area contributed by atoms with Crippen molar-refractivity contribution in [3.63, 3.8) is 0 Å². The minimum atomic E-state index is -3.42. The summed E-state index contributed by atoms with van der Waals surface area (Å²) in [5.74, 6) is 0. The van der Waals surface area contributed by atoms with Crippen molar-refractivity contribution in [2.75, 3.05) is 6.54 Å². The summed E-state index contributed by atoms with van der Waals surface area (Å²) in [6, 6.07) is 8.67. The maximum Gasteiger partial charge on any atom is 0.240 e. The Morgan fingerprint density at radius 2 is 2.11 bits per heavy atom. The van der Waals surface area contributed by atoms with Crippen molar-refractivity contribution in [3.8, 4) is 0 Å². The smallest absolute Gasteiger partial charge is 0.240 e. The quantitative estimate of drug-likeness (QED) is 0.900. The van der Waals surface area contributed by atoms with Crippen molar-refractivity contribution in [2.24, 2.45) is 0 Å². The van der Waals surface area contributed by atoms with Crippen molar-refractivity contribution in [1.82, 2.24) is 4.72 Å². The molecule has 0 bridgehead atoms. The fourth-order valence-electron chi connectivity index (χ4n) is 1.63. The summed E-state index contributed by atoms with van der Waals surface area (Å²) < 4.78 is 31.4. The van der Waals surface area contributed by atoms with Crippen molar-refractivity contribution in [3.05, 3.63) is 54.0 Å². The van der Waals surface area contributed by atoms with Gasteiger partial charge in [-0.2, -0.15) is 0 Å². The third kappa shape index (κ3) is 3.21. The number of furan rings is 1. The molecule has 5 heteroatoms. The highest BCUT2D eigenvalue weighted by Crippen LogP contribution is 2.10. The lowest BCUT2D eigenvalue weighted by Crippen LogP contribution is -2.25. The summed E-state index contributed by atoms with van der Waals surface area (Å²) >= 11 is 0. The lowest BCUT2D eigenvalue weighted by Gasteiger charge is -2.06. The van der Waals surface area contributed by atoms with Gasteiger partial charge in [0.25, 0.3) is 0 Å². The van der Waals surface area contributed by atoms with Crippen LogP contribution in [-0.4, -0.2) is 15.0 Å². The Hall–Kier alpha value is -1.59. The molecule has 18 heavy (non-hydrogen) atoms.